The van der Waals surface area contributed by atoms with E-state index in [0.29, 0.717) is 10.6 Å². The first-order valence-corrected chi connectivity index (χ1v) is 7.76. The van der Waals surface area contributed by atoms with Gasteiger partial charge in [0.25, 0.3) is 11.6 Å². The summed E-state index contributed by atoms with van der Waals surface area (Å²) in [5.74, 6) is -1.30. The molecule has 1 heterocycles. The third-order valence-electron chi connectivity index (χ3n) is 3.92. The number of aromatic hydroxyl groups is 1. The van der Waals surface area contributed by atoms with Crippen LogP contribution in [0.2, 0.25) is 5.02 Å². The van der Waals surface area contributed by atoms with Crippen LogP contribution in [0.15, 0.2) is 53.6 Å². The zero-order valence-electron chi connectivity index (χ0n) is 13.0. The maximum atomic E-state index is 13.5. The number of halogens is 4. The molecule has 26 heavy (non-hydrogen) atoms. The lowest BCUT2D eigenvalue weighted by Crippen LogP contribution is -2.56. The van der Waals surface area contributed by atoms with Gasteiger partial charge in [0.15, 0.2) is 0 Å². The van der Waals surface area contributed by atoms with E-state index in [1.165, 1.54) is 24.3 Å². The Morgan fingerprint density at radius 3 is 2.23 bits per heavy atom. The van der Waals surface area contributed by atoms with Crippen molar-refractivity contribution in [1.82, 2.24) is 5.01 Å². The normalized spacial score (nSPS) is 20.2. The third kappa shape index (κ3) is 3.13. The van der Waals surface area contributed by atoms with E-state index in [4.69, 9.17) is 11.6 Å². The van der Waals surface area contributed by atoms with E-state index >= 15 is 0 Å². The molecule has 0 aromatic heterocycles. The second-order valence-electron chi connectivity index (χ2n) is 5.71. The highest BCUT2D eigenvalue weighted by Crippen LogP contribution is 2.42. The first-order valence-electron chi connectivity index (χ1n) is 7.38. The van der Waals surface area contributed by atoms with Crippen molar-refractivity contribution in [3.8, 4) is 5.75 Å². The highest BCUT2D eigenvalue weighted by Gasteiger charge is 2.63. The highest BCUT2D eigenvalue weighted by atomic mass is 35.5. The molecule has 0 fully saturated rings. The summed E-state index contributed by atoms with van der Waals surface area (Å²) in [5, 5.41) is 23.7. The Morgan fingerprint density at radius 2 is 1.69 bits per heavy atom. The number of hydrazone groups is 1. The molecule has 1 aliphatic heterocycles. The molecule has 2 aromatic rings. The van der Waals surface area contributed by atoms with Gasteiger partial charge in [-0.15, -0.1) is 0 Å². The minimum atomic E-state index is -5.13. The summed E-state index contributed by atoms with van der Waals surface area (Å²) in [6.07, 6.45) is -6.04. The molecule has 0 aliphatic carbocycles. The number of hydrogen-bond acceptors (Lipinski definition) is 4. The van der Waals surface area contributed by atoms with Crippen molar-refractivity contribution in [2.45, 2.75) is 18.3 Å². The number of amides is 1. The molecule has 1 amide bonds. The fraction of sp³-hybridized carbons (Fsp3) is 0.176. The van der Waals surface area contributed by atoms with E-state index in [1.54, 1.807) is 0 Å². The van der Waals surface area contributed by atoms with Crippen molar-refractivity contribution in [3.05, 3.63) is 64.7 Å². The fourth-order valence-electron chi connectivity index (χ4n) is 2.51. The molecule has 0 bridgehead atoms. The zero-order chi connectivity index (χ0) is 19.1. The molecule has 2 aromatic carbocycles. The number of aliphatic hydroxyl groups is 1. The molecular weight excluding hydrogens is 373 g/mol. The Hall–Kier alpha value is -2.58. The van der Waals surface area contributed by atoms with Gasteiger partial charge >= 0.3 is 6.18 Å². The first kappa shape index (κ1) is 18.2. The van der Waals surface area contributed by atoms with E-state index in [1.807, 2.05) is 0 Å². The van der Waals surface area contributed by atoms with Gasteiger partial charge in [-0.1, -0.05) is 23.7 Å². The van der Waals surface area contributed by atoms with Crippen LogP contribution >= 0.6 is 11.6 Å². The van der Waals surface area contributed by atoms with E-state index in [0.717, 1.165) is 24.3 Å². The molecule has 5 nitrogen and oxygen atoms in total. The van der Waals surface area contributed by atoms with Gasteiger partial charge in [0.05, 0.1) is 12.1 Å². The lowest BCUT2D eigenvalue weighted by molar-refractivity contribution is -0.297. The molecule has 9 heteroatoms. The molecule has 2 N–H and O–H groups in total. The average Bonchev–Trinajstić information content (AvgIpc) is 2.94. The van der Waals surface area contributed by atoms with E-state index in [9.17, 15) is 28.2 Å². The molecule has 0 saturated heterocycles. The number of benzene rings is 2. The number of carbonyl (C=O) groups is 1. The maximum absolute atomic E-state index is 13.5. The van der Waals surface area contributed by atoms with Crippen LogP contribution in [0.5, 0.6) is 5.75 Å². The second-order valence-corrected chi connectivity index (χ2v) is 6.14. The topological polar surface area (TPSA) is 73.1 Å². The molecular formula is C17H12ClF3N2O3. The van der Waals surface area contributed by atoms with Crippen LogP contribution in [0.1, 0.15) is 22.3 Å². The van der Waals surface area contributed by atoms with E-state index in [-0.39, 0.29) is 22.0 Å². The standard InChI is InChI=1S/C17H12ClF3N2O3/c18-12-5-1-10(2-6-12)14-9-16(26,17(19,20)21)23(22-14)15(25)11-3-7-13(24)8-4-11/h1-8,24,26H,9H2/t16-/m0/s1. The zero-order valence-corrected chi connectivity index (χ0v) is 13.8. The summed E-state index contributed by atoms with van der Waals surface area (Å²) in [4.78, 5) is 12.5. The smallest absolute Gasteiger partial charge is 0.438 e. The van der Waals surface area contributed by atoms with Crippen molar-refractivity contribution in [3.63, 3.8) is 0 Å². The van der Waals surface area contributed by atoms with E-state index < -0.39 is 24.2 Å². The average molecular weight is 385 g/mol. The lowest BCUT2D eigenvalue weighted by atomic mass is 10.0. The Balaban J connectivity index is 2.03. The quantitative estimate of drug-likeness (QED) is 0.831. The molecule has 1 aliphatic rings. The minimum Gasteiger partial charge on any atom is -0.508 e. The Morgan fingerprint density at radius 1 is 1.12 bits per heavy atom. The monoisotopic (exact) mass is 384 g/mol. The largest absolute Gasteiger partial charge is 0.508 e. The van der Waals surface area contributed by atoms with Gasteiger partial charge in [-0.3, -0.25) is 4.79 Å². The molecule has 1 atom stereocenters. The molecule has 0 unspecified atom stereocenters. The lowest BCUT2D eigenvalue weighted by Gasteiger charge is -2.32. The third-order valence-corrected chi connectivity index (χ3v) is 4.18. The predicted octanol–water partition coefficient (Wildman–Crippen LogP) is 3.55. The molecule has 0 spiro atoms. The van der Waals surface area contributed by atoms with Crippen molar-refractivity contribution in [2.24, 2.45) is 5.10 Å². The molecule has 3 rings (SSSR count). The van der Waals surface area contributed by atoms with Crippen LogP contribution in [-0.4, -0.2) is 38.7 Å². The number of alkyl halides is 3. The van der Waals surface area contributed by atoms with E-state index in [2.05, 4.69) is 5.10 Å². The van der Waals surface area contributed by atoms with Crippen LogP contribution < -0.4 is 0 Å². The van der Waals surface area contributed by atoms with Gasteiger partial charge < -0.3 is 10.2 Å². The summed E-state index contributed by atoms with van der Waals surface area (Å²) in [5.41, 5.74) is -3.44. The molecule has 0 saturated carbocycles. The van der Waals surface area contributed by atoms with Gasteiger partial charge in [0.1, 0.15) is 5.75 Å². The predicted molar refractivity (Wildman–Crippen MR) is 87.9 cm³/mol. The number of hydrogen-bond donors (Lipinski definition) is 2. The fourth-order valence-corrected chi connectivity index (χ4v) is 2.64. The van der Waals surface area contributed by atoms with Crippen molar-refractivity contribution >= 4 is 23.2 Å². The van der Waals surface area contributed by atoms with Crippen LogP contribution in [0, 0.1) is 0 Å². The SMILES string of the molecule is O=C(c1ccc(O)cc1)N1N=C(c2ccc(Cl)cc2)C[C@]1(O)C(F)(F)F. The Bertz CT molecular complexity index is 866. The summed E-state index contributed by atoms with van der Waals surface area (Å²) in [6, 6.07) is 10.4. The number of phenols is 1. The highest BCUT2D eigenvalue weighted by molar-refractivity contribution is 6.30. The van der Waals surface area contributed by atoms with Crippen LogP contribution in [0.4, 0.5) is 13.2 Å². The van der Waals surface area contributed by atoms with Gasteiger partial charge in [-0.05, 0) is 42.0 Å². The van der Waals surface area contributed by atoms with Crippen molar-refractivity contribution < 1.29 is 28.2 Å². The van der Waals surface area contributed by atoms with Crippen LogP contribution in [0.3, 0.4) is 0 Å². The summed E-state index contributed by atoms with van der Waals surface area (Å²) < 4.78 is 40.5. The van der Waals surface area contributed by atoms with Crippen molar-refractivity contribution in [1.29, 1.82) is 0 Å². The number of phenolic OH excluding ortho intramolecular Hbond substituents is 1. The second kappa shape index (κ2) is 6.30. The summed E-state index contributed by atoms with van der Waals surface area (Å²) in [6.45, 7) is 0. The van der Waals surface area contributed by atoms with Crippen molar-refractivity contribution in [2.75, 3.05) is 0 Å². The van der Waals surface area contributed by atoms with Gasteiger partial charge in [0.2, 0.25) is 0 Å². The molecule has 0 radical (unpaired) electrons. The number of nitrogens with zero attached hydrogens (tertiary/aromatic N) is 2. The first-order chi connectivity index (χ1) is 12.1. The van der Waals surface area contributed by atoms with Gasteiger partial charge in [-0.2, -0.15) is 23.3 Å². The summed E-state index contributed by atoms with van der Waals surface area (Å²) in [7, 11) is 0. The number of carbonyl (C=O) groups excluding carboxylic acids is 1. The maximum Gasteiger partial charge on any atom is 0.438 e. The van der Waals surface area contributed by atoms with Gasteiger partial charge in [0, 0.05) is 10.6 Å². The Kier molecular flexibility index (Phi) is 4.41. The van der Waals surface area contributed by atoms with Gasteiger partial charge in [-0.25, -0.2) is 0 Å². The van der Waals surface area contributed by atoms with Crippen LogP contribution in [-0.2, 0) is 0 Å². The molecule has 136 valence electrons. The number of rotatable bonds is 2. The summed E-state index contributed by atoms with van der Waals surface area (Å²) >= 11 is 5.76. The minimum absolute atomic E-state index is 0.0311. The Labute approximate surface area is 150 Å². The van der Waals surface area contributed by atoms with Crippen LogP contribution in [0.25, 0.3) is 0 Å².